The fourth-order valence-corrected chi connectivity index (χ4v) is 3.63. The van der Waals surface area contributed by atoms with Gasteiger partial charge in [-0.05, 0) is 24.8 Å². The molecule has 0 aromatic heterocycles. The van der Waals surface area contributed by atoms with E-state index >= 15 is 0 Å². The zero-order chi connectivity index (χ0) is 17.1. The molecule has 2 aliphatic rings. The molecular formula is C19H26N2O3. The van der Waals surface area contributed by atoms with Crippen LogP contribution in [0.5, 0.6) is 0 Å². The van der Waals surface area contributed by atoms with Gasteiger partial charge < -0.3 is 14.5 Å². The number of nitrogens with zero attached hydrogens (tertiary/aromatic N) is 2. The standard InChI is InChI=1S/C19H26N2O3/c1-20-13-12-16(18(20)22)21(2)19(23)17(14-8-4-3-5-9-14)24-15-10-6-7-11-15/h3-5,8-9,15-17H,6-7,10-13H2,1-2H3/t16-,17+/m0/s1. The van der Waals surface area contributed by atoms with Crippen LogP contribution in [-0.2, 0) is 14.3 Å². The van der Waals surface area contributed by atoms with Crippen LogP contribution in [0.25, 0.3) is 0 Å². The molecule has 3 rings (SSSR count). The van der Waals surface area contributed by atoms with Gasteiger partial charge in [-0.25, -0.2) is 0 Å². The first-order chi connectivity index (χ1) is 11.6. The predicted octanol–water partition coefficient (Wildman–Crippen LogP) is 2.38. The van der Waals surface area contributed by atoms with Crippen molar-refractivity contribution in [2.75, 3.05) is 20.6 Å². The molecule has 0 radical (unpaired) electrons. The lowest BCUT2D eigenvalue weighted by Gasteiger charge is -2.29. The molecule has 2 amide bonds. The van der Waals surface area contributed by atoms with Crippen LogP contribution in [0.15, 0.2) is 30.3 Å². The molecule has 0 spiro atoms. The Morgan fingerprint density at radius 2 is 1.88 bits per heavy atom. The fourth-order valence-electron chi connectivity index (χ4n) is 3.63. The minimum Gasteiger partial charge on any atom is -0.360 e. The van der Waals surface area contributed by atoms with Gasteiger partial charge in [0, 0.05) is 20.6 Å². The highest BCUT2D eigenvalue weighted by molar-refractivity contribution is 5.90. The van der Waals surface area contributed by atoms with Gasteiger partial charge in [-0.3, -0.25) is 9.59 Å². The summed E-state index contributed by atoms with van der Waals surface area (Å²) in [6, 6.07) is 9.24. The Bertz CT molecular complexity index is 584. The summed E-state index contributed by atoms with van der Waals surface area (Å²) in [5.74, 6) is -0.111. The number of amides is 2. The van der Waals surface area contributed by atoms with Crippen molar-refractivity contribution in [3.8, 4) is 0 Å². The summed E-state index contributed by atoms with van der Waals surface area (Å²) in [5, 5.41) is 0. The summed E-state index contributed by atoms with van der Waals surface area (Å²) in [4.78, 5) is 28.6. The molecule has 130 valence electrons. The largest absolute Gasteiger partial charge is 0.360 e. The third-order valence-electron chi connectivity index (χ3n) is 5.17. The van der Waals surface area contributed by atoms with Gasteiger partial charge in [0.2, 0.25) is 5.91 Å². The SMILES string of the molecule is CN1CC[C@H](N(C)C(=O)[C@H](OC2CCCC2)c2ccccc2)C1=O. The van der Waals surface area contributed by atoms with E-state index in [-0.39, 0.29) is 24.0 Å². The first-order valence-electron chi connectivity index (χ1n) is 8.80. The molecule has 1 aliphatic carbocycles. The maximum atomic E-state index is 13.1. The number of ether oxygens (including phenoxy) is 1. The van der Waals surface area contributed by atoms with E-state index in [4.69, 9.17) is 4.74 Å². The Morgan fingerprint density at radius 1 is 1.21 bits per heavy atom. The van der Waals surface area contributed by atoms with E-state index in [0.717, 1.165) is 31.2 Å². The average molecular weight is 330 g/mol. The fraction of sp³-hybridized carbons (Fsp3) is 0.579. The smallest absolute Gasteiger partial charge is 0.256 e. The van der Waals surface area contributed by atoms with Gasteiger partial charge >= 0.3 is 0 Å². The quantitative estimate of drug-likeness (QED) is 0.833. The normalized spacial score (nSPS) is 22.8. The molecule has 1 aliphatic heterocycles. The molecule has 0 unspecified atom stereocenters. The number of carbonyl (C=O) groups excluding carboxylic acids is 2. The lowest BCUT2D eigenvalue weighted by Crippen LogP contribution is -2.45. The number of carbonyl (C=O) groups is 2. The first-order valence-corrected chi connectivity index (χ1v) is 8.80. The van der Waals surface area contributed by atoms with Crippen molar-refractivity contribution in [2.24, 2.45) is 0 Å². The van der Waals surface area contributed by atoms with Gasteiger partial charge in [0.15, 0.2) is 6.10 Å². The van der Waals surface area contributed by atoms with E-state index in [1.807, 2.05) is 30.3 Å². The molecular weight excluding hydrogens is 304 g/mol. The van der Waals surface area contributed by atoms with Crippen LogP contribution in [0, 0.1) is 0 Å². The third kappa shape index (κ3) is 3.46. The lowest BCUT2D eigenvalue weighted by molar-refractivity contribution is -0.152. The Morgan fingerprint density at radius 3 is 2.46 bits per heavy atom. The molecule has 24 heavy (non-hydrogen) atoms. The van der Waals surface area contributed by atoms with Crippen LogP contribution >= 0.6 is 0 Å². The van der Waals surface area contributed by atoms with Crippen molar-refractivity contribution in [3.05, 3.63) is 35.9 Å². The van der Waals surface area contributed by atoms with Crippen LogP contribution in [0.4, 0.5) is 0 Å². The third-order valence-corrected chi connectivity index (χ3v) is 5.17. The molecule has 2 fully saturated rings. The van der Waals surface area contributed by atoms with Crippen LogP contribution in [0.3, 0.4) is 0 Å². The van der Waals surface area contributed by atoms with Gasteiger partial charge in [-0.2, -0.15) is 0 Å². The van der Waals surface area contributed by atoms with Crippen molar-refractivity contribution in [2.45, 2.75) is 50.4 Å². The van der Waals surface area contributed by atoms with E-state index in [1.54, 1.807) is 23.9 Å². The molecule has 5 heteroatoms. The molecule has 1 heterocycles. The lowest BCUT2D eigenvalue weighted by atomic mass is 10.1. The van der Waals surface area contributed by atoms with Crippen molar-refractivity contribution >= 4 is 11.8 Å². The summed E-state index contributed by atoms with van der Waals surface area (Å²) >= 11 is 0. The topological polar surface area (TPSA) is 49.9 Å². The average Bonchev–Trinajstić information content (AvgIpc) is 3.23. The number of likely N-dealkylation sites (N-methyl/N-ethyl adjacent to an activating group) is 2. The molecule has 5 nitrogen and oxygen atoms in total. The molecule has 0 N–H and O–H groups in total. The van der Waals surface area contributed by atoms with E-state index < -0.39 is 6.10 Å². The zero-order valence-corrected chi connectivity index (χ0v) is 14.5. The highest BCUT2D eigenvalue weighted by Crippen LogP contribution is 2.30. The van der Waals surface area contributed by atoms with E-state index in [9.17, 15) is 9.59 Å². The molecule has 0 bridgehead atoms. The monoisotopic (exact) mass is 330 g/mol. The van der Waals surface area contributed by atoms with E-state index in [1.165, 1.54) is 0 Å². The summed E-state index contributed by atoms with van der Waals surface area (Å²) in [5.41, 5.74) is 0.861. The summed E-state index contributed by atoms with van der Waals surface area (Å²) in [6.45, 7) is 0.695. The zero-order valence-electron chi connectivity index (χ0n) is 14.5. The van der Waals surface area contributed by atoms with Crippen molar-refractivity contribution < 1.29 is 14.3 Å². The van der Waals surface area contributed by atoms with Crippen LogP contribution in [0.1, 0.15) is 43.8 Å². The number of likely N-dealkylation sites (tertiary alicyclic amines) is 1. The number of hydrogen-bond acceptors (Lipinski definition) is 3. The minimum absolute atomic E-state index is 0.0125. The Hall–Kier alpha value is -1.88. The highest BCUT2D eigenvalue weighted by atomic mass is 16.5. The summed E-state index contributed by atoms with van der Waals surface area (Å²) in [6.07, 6.45) is 4.51. The maximum absolute atomic E-state index is 13.1. The van der Waals surface area contributed by atoms with Gasteiger partial charge in [0.05, 0.1) is 6.10 Å². The minimum atomic E-state index is -0.627. The van der Waals surface area contributed by atoms with E-state index in [0.29, 0.717) is 13.0 Å². The number of benzene rings is 1. The van der Waals surface area contributed by atoms with Gasteiger partial charge in [0.1, 0.15) is 6.04 Å². The van der Waals surface area contributed by atoms with Gasteiger partial charge in [-0.15, -0.1) is 0 Å². The Kier molecular flexibility index (Phi) is 5.19. The van der Waals surface area contributed by atoms with Crippen LogP contribution in [-0.4, -0.2) is 54.4 Å². The molecule has 1 aromatic rings. The summed E-state index contributed by atoms with van der Waals surface area (Å²) in [7, 11) is 3.50. The van der Waals surface area contributed by atoms with Crippen molar-refractivity contribution in [1.29, 1.82) is 0 Å². The van der Waals surface area contributed by atoms with Crippen LogP contribution < -0.4 is 0 Å². The second-order valence-corrected chi connectivity index (χ2v) is 6.85. The molecule has 2 atom stereocenters. The maximum Gasteiger partial charge on any atom is 0.256 e. The molecule has 1 saturated heterocycles. The second-order valence-electron chi connectivity index (χ2n) is 6.85. The Balaban J connectivity index is 1.78. The summed E-state index contributed by atoms with van der Waals surface area (Å²) < 4.78 is 6.19. The predicted molar refractivity (Wildman–Crippen MR) is 91.3 cm³/mol. The van der Waals surface area contributed by atoms with Gasteiger partial charge in [0.25, 0.3) is 5.91 Å². The first kappa shape index (κ1) is 17.0. The van der Waals surface area contributed by atoms with Crippen molar-refractivity contribution in [1.82, 2.24) is 9.80 Å². The Labute approximate surface area is 143 Å². The second kappa shape index (κ2) is 7.34. The number of hydrogen-bond donors (Lipinski definition) is 0. The molecule has 1 saturated carbocycles. The highest BCUT2D eigenvalue weighted by Gasteiger charge is 2.38. The van der Waals surface area contributed by atoms with E-state index in [2.05, 4.69) is 0 Å². The molecule has 1 aromatic carbocycles. The van der Waals surface area contributed by atoms with Gasteiger partial charge in [-0.1, -0.05) is 43.2 Å². The van der Waals surface area contributed by atoms with Crippen LogP contribution in [0.2, 0.25) is 0 Å². The van der Waals surface area contributed by atoms with Crippen molar-refractivity contribution in [3.63, 3.8) is 0 Å². The number of rotatable bonds is 5.